The molecule has 0 radical (unpaired) electrons. The van der Waals surface area contributed by atoms with E-state index >= 15 is 0 Å². The molecule has 0 amide bonds. The summed E-state index contributed by atoms with van der Waals surface area (Å²) in [6, 6.07) is 3.93. The molecule has 3 aliphatic carbocycles. The van der Waals surface area contributed by atoms with Crippen molar-refractivity contribution in [2.45, 2.75) is 68.5 Å². The van der Waals surface area contributed by atoms with Gasteiger partial charge in [0.1, 0.15) is 6.10 Å². The molecule has 0 aromatic carbocycles. The Bertz CT molecular complexity index is 1090. The molecule has 3 heterocycles. The molecule has 1 aromatic rings. The van der Waals surface area contributed by atoms with E-state index in [1.54, 1.807) is 6.20 Å². The summed E-state index contributed by atoms with van der Waals surface area (Å²) >= 11 is 0. The summed E-state index contributed by atoms with van der Waals surface area (Å²) in [5, 5.41) is 21.9. The Morgan fingerprint density at radius 3 is 2.79 bits per heavy atom. The first-order valence-electron chi connectivity index (χ1n) is 12.2. The normalized spacial score (nSPS) is 43.6. The van der Waals surface area contributed by atoms with Crippen LogP contribution in [0.3, 0.4) is 0 Å². The zero-order chi connectivity index (χ0) is 23.0. The van der Waals surface area contributed by atoms with Crippen molar-refractivity contribution in [2.24, 2.45) is 11.3 Å². The molecule has 7 atom stereocenters. The van der Waals surface area contributed by atoms with Gasteiger partial charge in [0.05, 0.1) is 17.3 Å². The van der Waals surface area contributed by atoms with Gasteiger partial charge in [0.2, 0.25) is 0 Å². The first-order chi connectivity index (χ1) is 15.8. The number of nitrogens with zero attached hydrogens (tertiary/aromatic N) is 2. The summed E-state index contributed by atoms with van der Waals surface area (Å²) in [7, 11) is 3.95. The second-order valence-corrected chi connectivity index (χ2v) is 11.1. The predicted molar refractivity (Wildman–Crippen MR) is 128 cm³/mol. The van der Waals surface area contributed by atoms with E-state index in [4.69, 9.17) is 4.74 Å². The zero-order valence-electron chi connectivity index (χ0n) is 19.7. The fraction of sp³-hybridized carbons (Fsp3) is 0.536. The summed E-state index contributed by atoms with van der Waals surface area (Å²) in [6.07, 6.45) is 17.9. The highest BCUT2D eigenvalue weighted by Gasteiger charge is 2.67. The molecular weight excluding hydrogens is 412 g/mol. The molecule has 5 heteroatoms. The van der Waals surface area contributed by atoms with E-state index in [2.05, 4.69) is 48.4 Å². The number of likely N-dealkylation sites (N-methyl/N-ethyl adjacent to an activating group) is 1. The highest BCUT2D eigenvalue weighted by atomic mass is 16.5. The molecule has 33 heavy (non-hydrogen) atoms. The molecule has 1 saturated carbocycles. The van der Waals surface area contributed by atoms with E-state index in [1.807, 2.05) is 31.3 Å². The summed E-state index contributed by atoms with van der Waals surface area (Å²) in [5.74, 6) is 0.373. The summed E-state index contributed by atoms with van der Waals surface area (Å²) < 4.78 is 7.17. The number of ether oxygens (including phenoxy) is 1. The third-order valence-electron chi connectivity index (χ3n) is 9.29. The Hall–Kier alpha value is -2.05. The molecule has 2 N–H and O–H groups in total. The molecule has 7 unspecified atom stereocenters. The predicted octanol–water partition coefficient (Wildman–Crippen LogP) is 3.66. The average molecular weight is 447 g/mol. The van der Waals surface area contributed by atoms with Crippen molar-refractivity contribution in [3.8, 4) is 0 Å². The van der Waals surface area contributed by atoms with Crippen molar-refractivity contribution < 1.29 is 14.9 Å². The van der Waals surface area contributed by atoms with Gasteiger partial charge in [0, 0.05) is 29.8 Å². The SMILES string of the molecule is CN(C)C1CC23CCC4(O2)C(=CCC2(C)C(C=Cc5cccnc5)=CCC24)C=C3C(O)C1O. The number of aliphatic hydroxyl groups excluding tert-OH is 2. The molecular formula is C28H34N2O3. The molecule has 1 aromatic heterocycles. The Morgan fingerprint density at radius 2 is 2.03 bits per heavy atom. The van der Waals surface area contributed by atoms with Crippen LogP contribution in [-0.4, -0.2) is 63.6 Å². The van der Waals surface area contributed by atoms with Crippen LogP contribution >= 0.6 is 0 Å². The minimum atomic E-state index is -0.879. The van der Waals surface area contributed by atoms with Crippen molar-refractivity contribution in [3.63, 3.8) is 0 Å². The lowest BCUT2D eigenvalue weighted by Crippen LogP contribution is -2.61. The Labute approximate surface area is 196 Å². The van der Waals surface area contributed by atoms with Crippen LogP contribution < -0.4 is 0 Å². The summed E-state index contributed by atoms with van der Waals surface area (Å²) in [6.45, 7) is 2.39. The largest absolute Gasteiger partial charge is 0.388 e. The third-order valence-corrected chi connectivity index (χ3v) is 9.29. The lowest BCUT2D eigenvalue weighted by Gasteiger charge is -2.55. The average Bonchev–Trinajstić information content (AvgIpc) is 3.31. The number of hydrogen-bond donors (Lipinski definition) is 2. The van der Waals surface area contributed by atoms with Gasteiger partial charge in [-0.3, -0.25) is 4.98 Å². The summed E-state index contributed by atoms with van der Waals surface area (Å²) in [4.78, 5) is 6.26. The monoisotopic (exact) mass is 446 g/mol. The lowest BCUT2D eigenvalue weighted by atomic mass is 9.59. The first-order valence-corrected chi connectivity index (χ1v) is 12.2. The highest BCUT2D eigenvalue weighted by Crippen LogP contribution is 2.66. The smallest absolute Gasteiger partial charge is 0.105 e. The number of aliphatic hydroxyl groups is 2. The van der Waals surface area contributed by atoms with Crippen molar-refractivity contribution in [1.29, 1.82) is 0 Å². The molecule has 5 nitrogen and oxygen atoms in total. The quantitative estimate of drug-likeness (QED) is 0.742. The first kappa shape index (κ1) is 21.5. The van der Waals surface area contributed by atoms with Crippen molar-refractivity contribution in [3.05, 3.63) is 71.1 Å². The number of pyridine rings is 1. The van der Waals surface area contributed by atoms with E-state index < -0.39 is 17.8 Å². The van der Waals surface area contributed by atoms with Crippen LogP contribution in [0.1, 0.15) is 44.6 Å². The molecule has 2 spiro atoms. The second-order valence-electron chi connectivity index (χ2n) is 11.1. The fourth-order valence-electron chi connectivity index (χ4n) is 7.45. The zero-order valence-corrected chi connectivity index (χ0v) is 19.7. The van der Waals surface area contributed by atoms with Gasteiger partial charge in [-0.1, -0.05) is 43.4 Å². The van der Waals surface area contributed by atoms with Gasteiger partial charge in [-0.05, 0) is 74.5 Å². The highest BCUT2D eigenvalue weighted by molar-refractivity contribution is 5.56. The molecule has 6 rings (SSSR count). The van der Waals surface area contributed by atoms with Gasteiger partial charge < -0.3 is 19.8 Å². The molecule has 1 saturated heterocycles. The van der Waals surface area contributed by atoms with E-state index in [9.17, 15) is 10.2 Å². The Balaban J connectivity index is 1.36. The number of fused-ring (bicyclic) bond motifs is 1. The van der Waals surface area contributed by atoms with Crippen LogP contribution in [0.4, 0.5) is 0 Å². The number of hydrogen-bond acceptors (Lipinski definition) is 5. The van der Waals surface area contributed by atoms with Crippen LogP contribution in [-0.2, 0) is 4.74 Å². The number of aromatic nitrogens is 1. The van der Waals surface area contributed by atoms with Crippen LogP contribution in [0.5, 0.6) is 0 Å². The van der Waals surface area contributed by atoms with Gasteiger partial charge in [0.25, 0.3) is 0 Å². The van der Waals surface area contributed by atoms with E-state index in [0.717, 1.165) is 43.2 Å². The van der Waals surface area contributed by atoms with Gasteiger partial charge in [-0.2, -0.15) is 0 Å². The minimum Gasteiger partial charge on any atom is -0.388 e. The number of rotatable bonds is 3. The fourth-order valence-corrected chi connectivity index (χ4v) is 7.45. The van der Waals surface area contributed by atoms with E-state index in [0.29, 0.717) is 5.92 Å². The van der Waals surface area contributed by atoms with Gasteiger partial charge in [-0.15, -0.1) is 0 Å². The van der Waals surface area contributed by atoms with Crippen LogP contribution in [0.2, 0.25) is 0 Å². The molecule has 5 aliphatic rings. The van der Waals surface area contributed by atoms with Gasteiger partial charge in [-0.25, -0.2) is 0 Å². The maximum Gasteiger partial charge on any atom is 0.105 e. The third kappa shape index (κ3) is 2.89. The van der Waals surface area contributed by atoms with E-state index in [1.165, 1.54) is 11.1 Å². The van der Waals surface area contributed by atoms with Crippen LogP contribution in [0, 0.1) is 11.3 Å². The molecule has 174 valence electrons. The molecule has 2 fully saturated rings. The maximum atomic E-state index is 11.1. The minimum absolute atomic E-state index is 0.0207. The summed E-state index contributed by atoms with van der Waals surface area (Å²) in [5.41, 5.74) is 3.83. The van der Waals surface area contributed by atoms with Gasteiger partial charge in [0.15, 0.2) is 0 Å². The van der Waals surface area contributed by atoms with Crippen molar-refractivity contribution >= 4 is 6.08 Å². The van der Waals surface area contributed by atoms with E-state index in [-0.39, 0.29) is 17.1 Å². The molecule has 2 bridgehead atoms. The topological polar surface area (TPSA) is 65.8 Å². The lowest BCUT2D eigenvalue weighted by molar-refractivity contribution is -0.163. The van der Waals surface area contributed by atoms with Crippen molar-refractivity contribution in [2.75, 3.05) is 14.1 Å². The Kier molecular flexibility index (Phi) is 4.70. The standard InChI is InChI=1S/C28H34N2O3/c1-26-11-10-20-15-21-24(31)25(32)22(30(2)3)16-27(21)12-13-28(20,33-27)23(26)9-8-19(26)7-6-18-5-4-14-29-17-18/h4-8,10,14-15,17,22-25,31-32H,9,11-13,16H2,1-3H3. The molecule has 2 aliphatic heterocycles. The second kappa shape index (κ2) is 7.22. The van der Waals surface area contributed by atoms with Crippen molar-refractivity contribution in [1.82, 2.24) is 9.88 Å². The van der Waals surface area contributed by atoms with Gasteiger partial charge >= 0.3 is 0 Å². The van der Waals surface area contributed by atoms with Crippen LogP contribution in [0.15, 0.2) is 65.5 Å². The Morgan fingerprint density at radius 1 is 1.18 bits per heavy atom. The maximum absolute atomic E-state index is 11.1. The number of allylic oxidation sites excluding steroid dienone is 4. The van der Waals surface area contributed by atoms with Crippen LogP contribution in [0.25, 0.3) is 6.08 Å².